The maximum Gasteiger partial charge on any atom is 0.231 e. The SMILES string of the molecule is N#CC1(NC(=O)CSc2nnc(N)s2)CCCC1. The van der Waals surface area contributed by atoms with Crippen LogP contribution in [0.1, 0.15) is 25.7 Å². The number of anilines is 1. The molecule has 1 aromatic heterocycles. The average Bonchev–Trinajstić information content (AvgIpc) is 2.97. The maximum absolute atomic E-state index is 11.8. The molecule has 0 atom stereocenters. The Kier molecular flexibility index (Phi) is 4.04. The van der Waals surface area contributed by atoms with Crippen molar-refractivity contribution in [3.63, 3.8) is 0 Å². The molecule has 0 bridgehead atoms. The van der Waals surface area contributed by atoms with Gasteiger partial charge in [0.15, 0.2) is 4.34 Å². The van der Waals surface area contributed by atoms with E-state index in [1.54, 1.807) is 0 Å². The van der Waals surface area contributed by atoms with Crippen LogP contribution in [0.4, 0.5) is 5.13 Å². The summed E-state index contributed by atoms with van der Waals surface area (Å²) in [4.78, 5) is 11.8. The van der Waals surface area contributed by atoms with Crippen molar-refractivity contribution in [3.8, 4) is 6.07 Å². The molecule has 0 saturated heterocycles. The lowest BCUT2D eigenvalue weighted by Crippen LogP contribution is -2.45. The third-order valence-corrected chi connectivity index (χ3v) is 4.68. The van der Waals surface area contributed by atoms with E-state index < -0.39 is 5.54 Å². The van der Waals surface area contributed by atoms with Gasteiger partial charge in [0, 0.05) is 0 Å². The molecule has 3 N–H and O–H groups in total. The predicted molar refractivity (Wildman–Crippen MR) is 70.0 cm³/mol. The van der Waals surface area contributed by atoms with E-state index in [9.17, 15) is 4.79 Å². The third-order valence-electron chi connectivity index (χ3n) is 2.80. The molecular weight excluding hydrogens is 270 g/mol. The molecule has 0 unspecified atom stereocenters. The number of hydrogen-bond donors (Lipinski definition) is 2. The van der Waals surface area contributed by atoms with Crippen molar-refractivity contribution >= 4 is 34.1 Å². The lowest BCUT2D eigenvalue weighted by molar-refractivity contribution is -0.119. The number of thioether (sulfide) groups is 1. The van der Waals surface area contributed by atoms with Gasteiger partial charge >= 0.3 is 0 Å². The van der Waals surface area contributed by atoms with Crippen molar-refractivity contribution in [2.45, 2.75) is 35.6 Å². The van der Waals surface area contributed by atoms with Crippen LogP contribution < -0.4 is 11.1 Å². The Hall–Kier alpha value is -1.33. The molecule has 1 saturated carbocycles. The van der Waals surface area contributed by atoms with Gasteiger partial charge in [0.2, 0.25) is 11.0 Å². The van der Waals surface area contributed by atoms with Crippen molar-refractivity contribution in [2.24, 2.45) is 0 Å². The summed E-state index contributed by atoms with van der Waals surface area (Å²) < 4.78 is 0.667. The lowest BCUT2D eigenvalue weighted by atomic mass is 10.0. The third kappa shape index (κ3) is 3.11. The number of carbonyl (C=O) groups is 1. The number of nitrogens with zero attached hydrogens (tertiary/aromatic N) is 3. The van der Waals surface area contributed by atoms with E-state index in [1.807, 2.05) is 0 Å². The van der Waals surface area contributed by atoms with Crippen LogP contribution >= 0.6 is 23.1 Å². The highest BCUT2D eigenvalue weighted by molar-refractivity contribution is 8.01. The molecule has 0 spiro atoms. The summed E-state index contributed by atoms with van der Waals surface area (Å²) in [7, 11) is 0. The van der Waals surface area contributed by atoms with Crippen LogP contribution in [-0.4, -0.2) is 27.4 Å². The number of hydrogen-bond acceptors (Lipinski definition) is 7. The molecule has 0 aliphatic heterocycles. The molecule has 1 aliphatic carbocycles. The Balaban J connectivity index is 1.83. The molecule has 2 rings (SSSR count). The second-order valence-electron chi connectivity index (χ2n) is 4.14. The van der Waals surface area contributed by atoms with E-state index >= 15 is 0 Å². The predicted octanol–water partition coefficient (Wildman–Crippen LogP) is 1.16. The largest absolute Gasteiger partial charge is 0.374 e. The van der Waals surface area contributed by atoms with E-state index in [0.717, 1.165) is 25.7 Å². The fourth-order valence-corrected chi connectivity index (χ4v) is 3.39. The number of nitriles is 1. The van der Waals surface area contributed by atoms with E-state index in [-0.39, 0.29) is 11.7 Å². The first-order valence-corrected chi connectivity index (χ1v) is 7.38. The van der Waals surface area contributed by atoms with Gasteiger partial charge < -0.3 is 11.1 Å². The van der Waals surface area contributed by atoms with Crippen LogP contribution in [0.2, 0.25) is 0 Å². The molecule has 96 valence electrons. The van der Waals surface area contributed by atoms with Crippen molar-refractivity contribution in [1.82, 2.24) is 15.5 Å². The van der Waals surface area contributed by atoms with E-state index in [2.05, 4.69) is 21.6 Å². The number of nitrogen functional groups attached to an aromatic ring is 1. The minimum atomic E-state index is -0.655. The van der Waals surface area contributed by atoms with Gasteiger partial charge in [-0.15, -0.1) is 10.2 Å². The Morgan fingerprint density at radius 1 is 1.56 bits per heavy atom. The Morgan fingerprint density at radius 3 is 2.83 bits per heavy atom. The second-order valence-corrected chi connectivity index (χ2v) is 6.38. The summed E-state index contributed by atoms with van der Waals surface area (Å²) in [6, 6.07) is 2.22. The summed E-state index contributed by atoms with van der Waals surface area (Å²) in [6.45, 7) is 0. The molecule has 1 aliphatic rings. The molecule has 0 radical (unpaired) electrons. The normalized spacial score (nSPS) is 17.3. The topological polar surface area (TPSA) is 105 Å². The fourth-order valence-electron chi connectivity index (χ4n) is 1.95. The van der Waals surface area contributed by atoms with Gasteiger partial charge in [-0.2, -0.15) is 5.26 Å². The highest BCUT2D eigenvalue weighted by Gasteiger charge is 2.35. The first kappa shape index (κ1) is 13.1. The Morgan fingerprint density at radius 2 is 2.28 bits per heavy atom. The minimum absolute atomic E-state index is 0.141. The molecule has 18 heavy (non-hydrogen) atoms. The molecule has 1 heterocycles. The van der Waals surface area contributed by atoms with Crippen LogP contribution in [-0.2, 0) is 4.79 Å². The van der Waals surface area contributed by atoms with Crippen molar-refractivity contribution < 1.29 is 4.79 Å². The first-order chi connectivity index (χ1) is 8.63. The van der Waals surface area contributed by atoms with E-state index in [1.165, 1.54) is 23.1 Å². The number of nitrogens with one attached hydrogen (secondary N) is 1. The van der Waals surface area contributed by atoms with Gasteiger partial charge in [0.05, 0.1) is 11.8 Å². The van der Waals surface area contributed by atoms with Crippen LogP contribution in [0.3, 0.4) is 0 Å². The van der Waals surface area contributed by atoms with Crippen molar-refractivity contribution in [2.75, 3.05) is 11.5 Å². The zero-order chi connectivity index (χ0) is 13.0. The average molecular weight is 283 g/mol. The van der Waals surface area contributed by atoms with Crippen LogP contribution in [0.15, 0.2) is 4.34 Å². The van der Waals surface area contributed by atoms with Gasteiger partial charge in [0.25, 0.3) is 0 Å². The van der Waals surface area contributed by atoms with E-state index in [0.29, 0.717) is 9.47 Å². The molecule has 0 aromatic carbocycles. The number of aromatic nitrogens is 2. The molecule has 1 amide bonds. The van der Waals surface area contributed by atoms with Crippen LogP contribution in [0.5, 0.6) is 0 Å². The van der Waals surface area contributed by atoms with Gasteiger partial charge in [-0.05, 0) is 25.7 Å². The van der Waals surface area contributed by atoms with Crippen LogP contribution in [0.25, 0.3) is 0 Å². The number of carbonyl (C=O) groups excluding carboxylic acids is 1. The smallest absolute Gasteiger partial charge is 0.231 e. The molecule has 1 fully saturated rings. The summed E-state index contributed by atoms with van der Waals surface area (Å²) in [6.07, 6.45) is 3.47. The minimum Gasteiger partial charge on any atom is -0.374 e. The first-order valence-electron chi connectivity index (χ1n) is 5.58. The summed E-state index contributed by atoms with van der Waals surface area (Å²) in [5.41, 5.74) is 4.79. The molecule has 6 nitrogen and oxygen atoms in total. The highest BCUT2D eigenvalue weighted by atomic mass is 32.2. The number of nitrogens with two attached hydrogens (primary N) is 1. The van der Waals surface area contributed by atoms with Crippen LogP contribution in [0, 0.1) is 11.3 Å². The Labute approximate surface area is 113 Å². The second kappa shape index (κ2) is 5.54. The number of rotatable bonds is 4. The summed E-state index contributed by atoms with van der Waals surface area (Å²) in [5, 5.41) is 19.8. The standard InChI is InChI=1S/C10H13N5OS2/c11-6-10(3-1-2-4-10)13-7(16)5-17-9-15-14-8(12)18-9/h1-5H2,(H2,12,14)(H,13,16). The zero-order valence-electron chi connectivity index (χ0n) is 9.68. The zero-order valence-corrected chi connectivity index (χ0v) is 11.3. The fraction of sp³-hybridized carbons (Fsp3) is 0.600. The Bertz CT molecular complexity index is 475. The van der Waals surface area contributed by atoms with Gasteiger partial charge in [-0.25, -0.2) is 0 Å². The van der Waals surface area contributed by atoms with Gasteiger partial charge in [-0.3, -0.25) is 4.79 Å². The summed E-state index contributed by atoms with van der Waals surface area (Å²) in [5.74, 6) is 0.0927. The summed E-state index contributed by atoms with van der Waals surface area (Å²) >= 11 is 2.54. The molecule has 1 aromatic rings. The quantitative estimate of drug-likeness (QED) is 0.804. The molecule has 8 heteroatoms. The van der Waals surface area contributed by atoms with Crippen molar-refractivity contribution in [3.05, 3.63) is 0 Å². The highest BCUT2D eigenvalue weighted by Crippen LogP contribution is 2.29. The van der Waals surface area contributed by atoms with Gasteiger partial charge in [-0.1, -0.05) is 23.1 Å². The monoisotopic (exact) mass is 283 g/mol. The maximum atomic E-state index is 11.8. The molecular formula is C10H13N5OS2. The lowest BCUT2D eigenvalue weighted by Gasteiger charge is -2.21. The number of amides is 1. The van der Waals surface area contributed by atoms with E-state index in [4.69, 9.17) is 11.0 Å². The van der Waals surface area contributed by atoms with Gasteiger partial charge in [0.1, 0.15) is 5.54 Å². The van der Waals surface area contributed by atoms with Crippen molar-refractivity contribution in [1.29, 1.82) is 5.26 Å².